The molecule has 13 heteroatoms. The summed E-state index contributed by atoms with van der Waals surface area (Å²) in [6.45, 7) is 1.91. The fraction of sp³-hybridized carbons (Fsp3) is 0.156. The van der Waals surface area contributed by atoms with Gasteiger partial charge in [0.1, 0.15) is 5.69 Å². The molecular formula is C32H27F3N7O3+. The number of nitrogens with zero attached hydrogens (tertiary/aromatic N) is 3. The number of benzene rings is 3. The lowest BCUT2D eigenvalue weighted by Gasteiger charge is -2.14. The molecule has 0 unspecified atom stereocenters. The second kappa shape index (κ2) is 12.6. The van der Waals surface area contributed by atoms with E-state index in [1.165, 1.54) is 28.1 Å². The molecule has 0 bridgehead atoms. The quantitative estimate of drug-likeness (QED) is 0.171. The van der Waals surface area contributed by atoms with Crippen molar-refractivity contribution < 1.29 is 32.0 Å². The van der Waals surface area contributed by atoms with E-state index in [-0.39, 0.29) is 30.2 Å². The van der Waals surface area contributed by atoms with Gasteiger partial charge in [0.15, 0.2) is 0 Å². The molecule has 1 aliphatic heterocycles. The van der Waals surface area contributed by atoms with Gasteiger partial charge in [0.2, 0.25) is 17.7 Å². The van der Waals surface area contributed by atoms with Crippen molar-refractivity contribution in [3.05, 3.63) is 119 Å². The smallest absolute Gasteiger partial charge is 0.326 e. The number of urea groups is 1. The number of pyridine rings is 1. The molecule has 2 aromatic heterocycles. The molecule has 0 saturated carbocycles. The van der Waals surface area contributed by atoms with Crippen LogP contribution in [0.1, 0.15) is 27.9 Å². The second-order valence-electron chi connectivity index (χ2n) is 10.4. The molecule has 1 aliphatic rings. The highest BCUT2D eigenvalue weighted by molar-refractivity contribution is 6.00. The SMILES string of the molecule is O=C(Cc1ccccc1)Nc1cc(NC(=O)Nc2c[n+](Cc3ccc(-c4cccc5c4CNC5)cn3)no2)cc(C(F)(F)F)c1. The largest absolute Gasteiger partial charge is 0.416 e. The number of carbonyl (C=O) groups excluding carboxylic acids is 2. The minimum Gasteiger partial charge on any atom is -0.326 e. The number of rotatable bonds is 8. The fourth-order valence-corrected chi connectivity index (χ4v) is 5.05. The minimum absolute atomic E-state index is 0.0298. The van der Waals surface area contributed by atoms with Gasteiger partial charge < -0.3 is 16.0 Å². The Morgan fingerprint density at radius 2 is 1.71 bits per heavy atom. The van der Waals surface area contributed by atoms with Gasteiger partial charge in [0.25, 0.3) is 6.20 Å². The van der Waals surface area contributed by atoms with E-state index in [4.69, 9.17) is 4.52 Å². The number of anilines is 3. The third-order valence-corrected chi connectivity index (χ3v) is 7.11. The van der Waals surface area contributed by atoms with Gasteiger partial charge in [0, 0.05) is 36.2 Å². The van der Waals surface area contributed by atoms with E-state index in [2.05, 4.69) is 43.7 Å². The van der Waals surface area contributed by atoms with Gasteiger partial charge >= 0.3 is 18.1 Å². The van der Waals surface area contributed by atoms with E-state index in [1.54, 1.807) is 36.5 Å². The molecule has 0 saturated heterocycles. The number of amides is 3. The maximum absolute atomic E-state index is 13.6. The van der Waals surface area contributed by atoms with Crippen LogP contribution in [0.3, 0.4) is 0 Å². The predicted molar refractivity (Wildman–Crippen MR) is 159 cm³/mol. The highest BCUT2D eigenvalue weighted by Crippen LogP contribution is 2.34. The monoisotopic (exact) mass is 614 g/mol. The first kappa shape index (κ1) is 29.5. The average Bonchev–Trinajstić information content (AvgIpc) is 3.67. The lowest BCUT2D eigenvalue weighted by molar-refractivity contribution is -0.755. The van der Waals surface area contributed by atoms with Crippen molar-refractivity contribution in [2.24, 2.45) is 0 Å². The first-order valence-corrected chi connectivity index (χ1v) is 14.0. The second-order valence-corrected chi connectivity index (χ2v) is 10.4. The molecule has 0 atom stereocenters. The summed E-state index contributed by atoms with van der Waals surface area (Å²) in [4.78, 5) is 29.6. The lowest BCUT2D eigenvalue weighted by Crippen LogP contribution is -2.35. The first-order valence-electron chi connectivity index (χ1n) is 14.0. The summed E-state index contributed by atoms with van der Waals surface area (Å²) < 4.78 is 47.3. The highest BCUT2D eigenvalue weighted by Gasteiger charge is 2.31. The number of aromatic nitrogens is 3. The summed E-state index contributed by atoms with van der Waals surface area (Å²) in [6.07, 6.45) is -1.53. The van der Waals surface area contributed by atoms with Crippen molar-refractivity contribution >= 4 is 29.2 Å². The Kier molecular flexibility index (Phi) is 8.25. The van der Waals surface area contributed by atoms with Gasteiger partial charge in [-0.1, -0.05) is 54.6 Å². The van der Waals surface area contributed by atoms with Crippen LogP contribution in [0.4, 0.5) is 35.2 Å². The normalized spacial score (nSPS) is 12.4. The van der Waals surface area contributed by atoms with Crippen LogP contribution in [0.5, 0.6) is 0 Å². The number of nitrogens with one attached hydrogen (secondary N) is 4. The van der Waals surface area contributed by atoms with Gasteiger partial charge in [-0.25, -0.2) is 4.79 Å². The number of alkyl halides is 3. The predicted octanol–water partition coefficient (Wildman–Crippen LogP) is 5.52. The number of fused-ring (bicyclic) bond motifs is 1. The van der Waals surface area contributed by atoms with Crippen LogP contribution >= 0.6 is 0 Å². The molecule has 228 valence electrons. The molecule has 3 amide bonds. The van der Waals surface area contributed by atoms with Crippen molar-refractivity contribution in [3.8, 4) is 11.1 Å². The molecule has 0 fully saturated rings. The van der Waals surface area contributed by atoms with E-state index in [1.807, 2.05) is 18.2 Å². The van der Waals surface area contributed by atoms with Crippen LogP contribution in [0.2, 0.25) is 0 Å². The van der Waals surface area contributed by atoms with Gasteiger partial charge in [0.05, 0.1) is 12.0 Å². The first-order chi connectivity index (χ1) is 21.7. The van der Waals surface area contributed by atoms with Crippen molar-refractivity contribution in [2.75, 3.05) is 16.0 Å². The van der Waals surface area contributed by atoms with Crippen molar-refractivity contribution in [1.82, 2.24) is 15.6 Å². The van der Waals surface area contributed by atoms with E-state index in [9.17, 15) is 22.8 Å². The number of halogens is 3. The van der Waals surface area contributed by atoms with Gasteiger partial charge in [-0.15, -0.1) is 0 Å². The van der Waals surface area contributed by atoms with Gasteiger partial charge in [-0.3, -0.25) is 19.6 Å². The van der Waals surface area contributed by atoms with Crippen LogP contribution in [0.25, 0.3) is 11.1 Å². The van der Waals surface area contributed by atoms with Gasteiger partial charge in [-0.05, 0) is 51.2 Å². The summed E-state index contributed by atoms with van der Waals surface area (Å²) in [5.74, 6) is -0.549. The fourth-order valence-electron chi connectivity index (χ4n) is 5.05. The van der Waals surface area contributed by atoms with E-state index >= 15 is 0 Å². The topological polar surface area (TPSA) is 125 Å². The molecule has 0 radical (unpaired) electrons. The highest BCUT2D eigenvalue weighted by atomic mass is 19.4. The molecule has 0 aliphatic carbocycles. The molecule has 5 aromatic rings. The molecule has 3 aromatic carbocycles. The molecule has 45 heavy (non-hydrogen) atoms. The molecule has 3 heterocycles. The number of hydrogen-bond acceptors (Lipinski definition) is 6. The molecule has 0 spiro atoms. The summed E-state index contributed by atoms with van der Waals surface area (Å²) in [7, 11) is 0. The van der Waals surface area contributed by atoms with Crippen LogP contribution in [-0.4, -0.2) is 22.2 Å². The Morgan fingerprint density at radius 3 is 2.47 bits per heavy atom. The minimum atomic E-state index is -4.71. The average molecular weight is 615 g/mol. The standard InChI is InChI=1S/C32H26F3N7O3/c33-32(34,35)23-12-25(38-29(43)11-20-5-2-1-3-6-20)14-26(13-23)39-31(44)40-30-19-42(41-45-30)18-24-10-9-22(16-37-24)27-8-4-7-21-15-36-17-28(21)27/h1-10,12-14,16,19,36H,11,15,17-18H2,(H2-,38,39,40,41,43,44)/p+1. The molecule has 10 nitrogen and oxygen atoms in total. The number of carbonyl (C=O) groups is 2. The van der Waals surface area contributed by atoms with E-state index in [0.29, 0.717) is 11.3 Å². The summed E-state index contributed by atoms with van der Waals surface area (Å²) in [5, 5.41) is 14.5. The maximum atomic E-state index is 13.6. The van der Waals surface area contributed by atoms with E-state index in [0.717, 1.165) is 36.3 Å². The van der Waals surface area contributed by atoms with Crippen molar-refractivity contribution in [3.63, 3.8) is 0 Å². The van der Waals surface area contributed by atoms with E-state index < -0.39 is 23.7 Å². The zero-order chi connectivity index (χ0) is 31.4. The zero-order valence-electron chi connectivity index (χ0n) is 23.7. The zero-order valence-corrected chi connectivity index (χ0v) is 23.7. The molecular weight excluding hydrogens is 587 g/mol. The number of hydrogen-bond donors (Lipinski definition) is 4. The Bertz CT molecular complexity index is 1840. The van der Waals surface area contributed by atoms with Gasteiger partial charge in [-0.2, -0.15) is 13.2 Å². The Hall–Kier alpha value is -5.56. The Labute approximate surface area is 255 Å². The summed E-state index contributed by atoms with van der Waals surface area (Å²) in [5.41, 5.74) is 4.72. The summed E-state index contributed by atoms with van der Waals surface area (Å²) >= 11 is 0. The van der Waals surface area contributed by atoms with Crippen molar-refractivity contribution in [1.29, 1.82) is 0 Å². The third-order valence-electron chi connectivity index (χ3n) is 7.11. The maximum Gasteiger partial charge on any atom is 0.416 e. The summed E-state index contributed by atoms with van der Waals surface area (Å²) in [6, 6.07) is 20.8. The van der Waals surface area contributed by atoms with Crippen LogP contribution < -0.4 is 25.9 Å². The lowest BCUT2D eigenvalue weighted by atomic mass is 9.98. The molecule has 6 rings (SSSR count). The Morgan fingerprint density at radius 1 is 0.911 bits per heavy atom. The van der Waals surface area contributed by atoms with Crippen LogP contribution in [0, 0.1) is 0 Å². The third kappa shape index (κ3) is 7.33. The van der Waals surface area contributed by atoms with Crippen LogP contribution in [0.15, 0.2) is 95.8 Å². The van der Waals surface area contributed by atoms with Crippen molar-refractivity contribution in [2.45, 2.75) is 32.2 Å². The Balaban J connectivity index is 1.08. The van der Waals surface area contributed by atoms with Crippen LogP contribution in [-0.2, 0) is 37.0 Å². The molecule has 4 N–H and O–H groups in total.